The van der Waals surface area contributed by atoms with Crippen molar-refractivity contribution in [2.24, 2.45) is 0 Å². The highest BCUT2D eigenvalue weighted by atomic mass is 35.5. The molecule has 18 heavy (non-hydrogen) atoms. The predicted octanol–water partition coefficient (Wildman–Crippen LogP) is 2.75. The van der Waals surface area contributed by atoms with Crippen LogP contribution in [0.4, 0.5) is 0 Å². The Balaban J connectivity index is 1.66. The van der Waals surface area contributed by atoms with Crippen molar-refractivity contribution < 1.29 is 4.79 Å². The van der Waals surface area contributed by atoms with Gasteiger partial charge in [-0.1, -0.05) is 29.3 Å². The summed E-state index contributed by atoms with van der Waals surface area (Å²) in [5, 5.41) is 7.43. The lowest BCUT2D eigenvalue weighted by molar-refractivity contribution is -0.121. The molecule has 1 aliphatic rings. The lowest BCUT2D eigenvalue weighted by atomic mass is 10.2. The number of halogens is 2. The third-order valence-electron chi connectivity index (χ3n) is 2.80. The smallest absolute Gasteiger partial charge is 0.221 e. The van der Waals surface area contributed by atoms with Crippen molar-refractivity contribution in [1.82, 2.24) is 10.6 Å². The van der Waals surface area contributed by atoms with Crippen molar-refractivity contribution in [2.45, 2.75) is 31.8 Å². The van der Waals surface area contributed by atoms with Gasteiger partial charge in [-0.15, -0.1) is 0 Å². The Bertz CT molecular complexity index is 433. The molecule has 1 saturated carbocycles. The summed E-state index contributed by atoms with van der Waals surface area (Å²) >= 11 is 11.9. The SMILES string of the molecule is O=C(CCNCc1ccc(Cl)cc1Cl)NC1CC1. The van der Waals surface area contributed by atoms with Gasteiger partial charge >= 0.3 is 0 Å². The first-order chi connectivity index (χ1) is 8.65. The molecule has 1 amide bonds. The molecule has 0 aromatic heterocycles. The Labute approximate surface area is 117 Å². The standard InChI is InChI=1S/C13H16Cl2N2O/c14-10-2-1-9(12(15)7-10)8-16-6-5-13(18)17-11-3-4-11/h1-2,7,11,16H,3-6,8H2,(H,17,18). The number of nitrogens with one attached hydrogen (secondary N) is 2. The Morgan fingerprint density at radius 1 is 1.33 bits per heavy atom. The molecule has 1 aromatic rings. The fourth-order valence-electron chi connectivity index (χ4n) is 1.62. The summed E-state index contributed by atoms with van der Waals surface area (Å²) in [5.41, 5.74) is 0.990. The fraction of sp³-hybridized carbons (Fsp3) is 0.462. The van der Waals surface area contributed by atoms with Crippen LogP contribution in [0, 0.1) is 0 Å². The van der Waals surface area contributed by atoms with Crippen LogP contribution in [0.2, 0.25) is 10.0 Å². The molecule has 2 rings (SSSR count). The molecule has 3 nitrogen and oxygen atoms in total. The van der Waals surface area contributed by atoms with Gasteiger partial charge in [0.2, 0.25) is 5.91 Å². The second-order valence-corrected chi connectivity index (χ2v) is 5.35. The largest absolute Gasteiger partial charge is 0.353 e. The van der Waals surface area contributed by atoms with Crippen LogP contribution in [0.15, 0.2) is 18.2 Å². The van der Waals surface area contributed by atoms with Gasteiger partial charge in [-0.2, -0.15) is 0 Å². The van der Waals surface area contributed by atoms with Crippen LogP contribution in [-0.2, 0) is 11.3 Å². The lowest BCUT2D eigenvalue weighted by Gasteiger charge is -2.07. The van der Waals surface area contributed by atoms with Crippen LogP contribution in [0.1, 0.15) is 24.8 Å². The average molecular weight is 287 g/mol. The van der Waals surface area contributed by atoms with Crippen LogP contribution in [0.25, 0.3) is 0 Å². The zero-order chi connectivity index (χ0) is 13.0. The van der Waals surface area contributed by atoms with E-state index in [1.54, 1.807) is 6.07 Å². The van der Waals surface area contributed by atoms with Crippen LogP contribution in [-0.4, -0.2) is 18.5 Å². The monoisotopic (exact) mass is 286 g/mol. The molecule has 2 N–H and O–H groups in total. The molecule has 0 bridgehead atoms. The minimum Gasteiger partial charge on any atom is -0.353 e. The maximum atomic E-state index is 11.4. The Kier molecular flexibility index (Phi) is 4.87. The van der Waals surface area contributed by atoms with Gasteiger partial charge in [-0.05, 0) is 30.5 Å². The summed E-state index contributed by atoms with van der Waals surface area (Å²) in [6.07, 6.45) is 2.75. The highest BCUT2D eigenvalue weighted by Gasteiger charge is 2.22. The van der Waals surface area contributed by atoms with E-state index in [1.165, 1.54) is 0 Å². The van der Waals surface area contributed by atoms with Gasteiger partial charge in [0.05, 0.1) is 0 Å². The first-order valence-electron chi connectivity index (χ1n) is 6.09. The van der Waals surface area contributed by atoms with E-state index in [1.807, 2.05) is 12.1 Å². The van der Waals surface area contributed by atoms with Gasteiger partial charge in [0.15, 0.2) is 0 Å². The summed E-state index contributed by atoms with van der Waals surface area (Å²) < 4.78 is 0. The number of hydrogen-bond donors (Lipinski definition) is 2. The minimum atomic E-state index is 0.118. The van der Waals surface area contributed by atoms with E-state index in [4.69, 9.17) is 23.2 Å². The maximum absolute atomic E-state index is 11.4. The van der Waals surface area contributed by atoms with E-state index in [-0.39, 0.29) is 5.91 Å². The summed E-state index contributed by atoms with van der Waals surface area (Å²) in [7, 11) is 0. The van der Waals surface area contributed by atoms with E-state index in [2.05, 4.69) is 10.6 Å². The number of hydrogen-bond acceptors (Lipinski definition) is 2. The van der Waals surface area contributed by atoms with Crippen molar-refractivity contribution in [1.29, 1.82) is 0 Å². The summed E-state index contributed by atoms with van der Waals surface area (Å²) in [5.74, 6) is 0.118. The fourth-order valence-corrected chi connectivity index (χ4v) is 2.09. The highest BCUT2D eigenvalue weighted by molar-refractivity contribution is 6.35. The number of carbonyl (C=O) groups is 1. The van der Waals surface area contributed by atoms with Crippen molar-refractivity contribution in [3.63, 3.8) is 0 Å². The van der Waals surface area contributed by atoms with Crippen LogP contribution >= 0.6 is 23.2 Å². The van der Waals surface area contributed by atoms with Crippen molar-refractivity contribution in [3.8, 4) is 0 Å². The Morgan fingerprint density at radius 3 is 2.78 bits per heavy atom. The molecule has 0 heterocycles. The molecule has 5 heteroatoms. The van der Waals surface area contributed by atoms with Crippen molar-refractivity contribution in [2.75, 3.05) is 6.54 Å². The first kappa shape index (κ1) is 13.7. The van der Waals surface area contributed by atoms with Crippen LogP contribution in [0.5, 0.6) is 0 Å². The third-order valence-corrected chi connectivity index (χ3v) is 3.39. The third kappa shape index (κ3) is 4.48. The molecular weight excluding hydrogens is 271 g/mol. The van der Waals surface area contributed by atoms with Crippen LogP contribution < -0.4 is 10.6 Å². The quantitative estimate of drug-likeness (QED) is 0.790. The van der Waals surface area contributed by atoms with Gasteiger partial charge < -0.3 is 10.6 Å². The molecule has 0 unspecified atom stereocenters. The molecule has 0 atom stereocenters. The number of carbonyl (C=O) groups excluding carboxylic acids is 1. The number of benzene rings is 1. The van der Waals surface area contributed by atoms with Crippen molar-refractivity contribution in [3.05, 3.63) is 33.8 Å². The molecule has 1 fully saturated rings. The molecule has 1 aromatic carbocycles. The van der Waals surface area contributed by atoms with E-state index in [0.717, 1.165) is 18.4 Å². The molecule has 0 spiro atoms. The molecule has 0 saturated heterocycles. The molecule has 1 aliphatic carbocycles. The Hall–Kier alpha value is -0.770. The zero-order valence-corrected chi connectivity index (χ0v) is 11.5. The van der Waals surface area contributed by atoms with Gasteiger partial charge in [0.25, 0.3) is 0 Å². The van der Waals surface area contributed by atoms with E-state index < -0.39 is 0 Å². The second-order valence-electron chi connectivity index (χ2n) is 4.50. The average Bonchev–Trinajstić information content (AvgIpc) is 3.10. The second kappa shape index (κ2) is 6.41. The molecular formula is C13H16Cl2N2O. The first-order valence-corrected chi connectivity index (χ1v) is 6.85. The minimum absolute atomic E-state index is 0.118. The molecule has 0 aliphatic heterocycles. The van der Waals surface area contributed by atoms with Gasteiger partial charge in [0.1, 0.15) is 0 Å². The lowest BCUT2D eigenvalue weighted by Crippen LogP contribution is -2.29. The number of rotatable bonds is 6. The summed E-state index contributed by atoms with van der Waals surface area (Å²) in [6.45, 7) is 1.30. The predicted molar refractivity (Wildman–Crippen MR) is 74.0 cm³/mol. The van der Waals surface area contributed by atoms with E-state index >= 15 is 0 Å². The zero-order valence-electron chi connectivity index (χ0n) is 10.0. The van der Waals surface area contributed by atoms with Crippen LogP contribution in [0.3, 0.4) is 0 Å². The maximum Gasteiger partial charge on any atom is 0.221 e. The topological polar surface area (TPSA) is 41.1 Å². The normalized spacial score (nSPS) is 14.6. The van der Waals surface area contributed by atoms with E-state index in [9.17, 15) is 4.79 Å². The molecule has 0 radical (unpaired) electrons. The summed E-state index contributed by atoms with van der Waals surface area (Å²) in [6, 6.07) is 5.86. The Morgan fingerprint density at radius 2 is 2.11 bits per heavy atom. The van der Waals surface area contributed by atoms with Gasteiger partial charge in [-0.3, -0.25) is 4.79 Å². The van der Waals surface area contributed by atoms with Gasteiger partial charge in [-0.25, -0.2) is 0 Å². The molecule has 98 valence electrons. The summed E-state index contributed by atoms with van der Waals surface area (Å²) in [4.78, 5) is 11.4. The highest BCUT2D eigenvalue weighted by Crippen LogP contribution is 2.20. The number of amides is 1. The van der Waals surface area contributed by atoms with Gasteiger partial charge in [0, 0.05) is 35.6 Å². The van der Waals surface area contributed by atoms with E-state index in [0.29, 0.717) is 35.6 Å². The van der Waals surface area contributed by atoms with Crippen molar-refractivity contribution >= 4 is 29.1 Å².